The highest BCUT2D eigenvalue weighted by molar-refractivity contribution is 5.84. The van der Waals surface area contributed by atoms with E-state index in [-0.39, 0.29) is 5.69 Å². The summed E-state index contributed by atoms with van der Waals surface area (Å²) in [7, 11) is 0. The number of benzene rings is 1. The normalized spacial score (nSPS) is 10.8. The lowest BCUT2D eigenvalue weighted by Gasteiger charge is -2.21. The largest absolute Gasteiger partial charge is 0.494 e. The molecule has 0 bridgehead atoms. The van der Waals surface area contributed by atoms with Crippen molar-refractivity contribution in [1.82, 2.24) is 14.9 Å². The SMILES string of the molecule is CCCN(Cc1cccc(OCC)c1)Cc1cnc(C(=O)O)cn1. The average Bonchev–Trinajstić information content (AvgIpc) is 2.56. The minimum atomic E-state index is -1.06. The molecule has 0 radical (unpaired) electrons. The zero-order valence-corrected chi connectivity index (χ0v) is 14.1. The summed E-state index contributed by atoms with van der Waals surface area (Å²) in [5.74, 6) is -0.191. The Labute approximate surface area is 142 Å². The number of aromatic nitrogens is 2. The Morgan fingerprint density at radius 3 is 2.67 bits per heavy atom. The summed E-state index contributed by atoms with van der Waals surface area (Å²) < 4.78 is 5.55. The number of carboxylic acids is 1. The maximum atomic E-state index is 10.8. The lowest BCUT2D eigenvalue weighted by Crippen LogP contribution is -2.24. The lowest BCUT2D eigenvalue weighted by molar-refractivity contribution is 0.0690. The first kappa shape index (κ1) is 17.9. The van der Waals surface area contributed by atoms with Crippen molar-refractivity contribution in [2.75, 3.05) is 13.2 Å². The molecule has 1 aromatic heterocycles. The smallest absolute Gasteiger partial charge is 0.356 e. The monoisotopic (exact) mass is 329 g/mol. The van der Waals surface area contributed by atoms with Crippen LogP contribution in [-0.4, -0.2) is 39.1 Å². The van der Waals surface area contributed by atoms with Gasteiger partial charge in [-0.1, -0.05) is 19.1 Å². The third-order valence-electron chi connectivity index (χ3n) is 3.47. The molecule has 6 nitrogen and oxygen atoms in total. The van der Waals surface area contributed by atoms with Crippen LogP contribution in [0.15, 0.2) is 36.7 Å². The molecule has 0 aliphatic rings. The van der Waals surface area contributed by atoms with Gasteiger partial charge in [-0.2, -0.15) is 0 Å². The van der Waals surface area contributed by atoms with Crippen LogP contribution in [0.4, 0.5) is 0 Å². The van der Waals surface area contributed by atoms with Crippen LogP contribution in [0.1, 0.15) is 42.0 Å². The topological polar surface area (TPSA) is 75.5 Å². The highest BCUT2D eigenvalue weighted by atomic mass is 16.5. The van der Waals surface area contributed by atoms with E-state index >= 15 is 0 Å². The summed E-state index contributed by atoms with van der Waals surface area (Å²) >= 11 is 0. The fraction of sp³-hybridized carbons (Fsp3) is 0.389. The molecular formula is C18H23N3O3. The van der Waals surface area contributed by atoms with E-state index in [1.54, 1.807) is 0 Å². The van der Waals surface area contributed by atoms with Crippen molar-refractivity contribution in [2.45, 2.75) is 33.4 Å². The van der Waals surface area contributed by atoms with Gasteiger partial charge in [-0.05, 0) is 37.6 Å². The fourth-order valence-corrected chi connectivity index (χ4v) is 2.46. The Bertz CT molecular complexity index is 659. The average molecular weight is 329 g/mol. The summed E-state index contributed by atoms with van der Waals surface area (Å²) in [6.07, 6.45) is 3.85. The predicted molar refractivity (Wildman–Crippen MR) is 91.0 cm³/mol. The van der Waals surface area contributed by atoms with E-state index in [9.17, 15) is 4.79 Å². The van der Waals surface area contributed by atoms with Crippen LogP contribution in [0.3, 0.4) is 0 Å². The van der Waals surface area contributed by atoms with Crippen LogP contribution in [0.25, 0.3) is 0 Å². The summed E-state index contributed by atoms with van der Waals surface area (Å²) in [5.41, 5.74) is 1.89. The molecule has 0 amide bonds. The van der Waals surface area contributed by atoms with Crippen LogP contribution in [0.5, 0.6) is 5.75 Å². The molecule has 0 atom stereocenters. The molecule has 1 N–H and O–H groups in total. The van der Waals surface area contributed by atoms with Crippen molar-refractivity contribution in [1.29, 1.82) is 0 Å². The van der Waals surface area contributed by atoms with E-state index in [0.717, 1.165) is 31.0 Å². The molecule has 0 saturated carbocycles. The molecule has 1 aromatic carbocycles. The third-order valence-corrected chi connectivity index (χ3v) is 3.47. The minimum absolute atomic E-state index is 0.0368. The maximum absolute atomic E-state index is 10.8. The zero-order chi connectivity index (χ0) is 17.4. The van der Waals surface area contributed by atoms with Gasteiger partial charge in [0, 0.05) is 13.1 Å². The molecule has 1 heterocycles. The summed E-state index contributed by atoms with van der Waals surface area (Å²) in [6.45, 7) is 7.06. The van der Waals surface area contributed by atoms with Gasteiger partial charge in [0.05, 0.1) is 24.7 Å². The van der Waals surface area contributed by atoms with E-state index in [2.05, 4.69) is 27.9 Å². The van der Waals surface area contributed by atoms with Crippen molar-refractivity contribution in [3.63, 3.8) is 0 Å². The van der Waals surface area contributed by atoms with Gasteiger partial charge in [-0.3, -0.25) is 9.88 Å². The number of aromatic carboxylic acids is 1. The van der Waals surface area contributed by atoms with E-state index in [1.165, 1.54) is 18.0 Å². The first-order valence-electron chi connectivity index (χ1n) is 8.10. The molecule has 128 valence electrons. The Hall–Kier alpha value is -2.47. The first-order valence-corrected chi connectivity index (χ1v) is 8.10. The second kappa shape index (κ2) is 8.98. The Morgan fingerprint density at radius 2 is 2.04 bits per heavy atom. The fourth-order valence-electron chi connectivity index (χ4n) is 2.46. The van der Waals surface area contributed by atoms with Gasteiger partial charge in [0.1, 0.15) is 5.75 Å². The standard InChI is InChI=1S/C18H23N3O3/c1-3-8-21(12-14-6-5-7-16(9-14)24-4-2)13-15-10-20-17(11-19-15)18(22)23/h5-7,9-11H,3-4,8,12-13H2,1-2H3,(H,22,23). The summed E-state index contributed by atoms with van der Waals surface area (Å²) in [6, 6.07) is 8.06. The molecule has 2 aromatic rings. The molecular weight excluding hydrogens is 306 g/mol. The van der Waals surface area contributed by atoms with Crippen molar-refractivity contribution >= 4 is 5.97 Å². The maximum Gasteiger partial charge on any atom is 0.356 e. The second-order valence-corrected chi connectivity index (χ2v) is 5.49. The van der Waals surface area contributed by atoms with E-state index < -0.39 is 5.97 Å². The van der Waals surface area contributed by atoms with E-state index in [0.29, 0.717) is 13.2 Å². The first-order chi connectivity index (χ1) is 11.6. The Balaban J connectivity index is 2.05. The van der Waals surface area contributed by atoms with Crippen LogP contribution in [0.2, 0.25) is 0 Å². The van der Waals surface area contributed by atoms with Crippen LogP contribution >= 0.6 is 0 Å². The molecule has 6 heteroatoms. The number of nitrogens with zero attached hydrogens (tertiary/aromatic N) is 3. The van der Waals surface area contributed by atoms with Crippen molar-refractivity contribution in [3.05, 3.63) is 53.6 Å². The minimum Gasteiger partial charge on any atom is -0.494 e. The molecule has 0 spiro atoms. The van der Waals surface area contributed by atoms with Crippen molar-refractivity contribution in [3.8, 4) is 5.75 Å². The van der Waals surface area contributed by atoms with Gasteiger partial charge >= 0.3 is 5.97 Å². The third kappa shape index (κ3) is 5.31. The predicted octanol–water partition coefficient (Wildman–Crippen LogP) is 2.99. The van der Waals surface area contributed by atoms with E-state index in [1.807, 2.05) is 25.1 Å². The van der Waals surface area contributed by atoms with Crippen molar-refractivity contribution in [2.24, 2.45) is 0 Å². The molecule has 0 unspecified atom stereocenters. The van der Waals surface area contributed by atoms with Gasteiger partial charge in [0.15, 0.2) is 5.69 Å². The molecule has 24 heavy (non-hydrogen) atoms. The number of hydrogen-bond donors (Lipinski definition) is 1. The second-order valence-electron chi connectivity index (χ2n) is 5.49. The van der Waals surface area contributed by atoms with E-state index in [4.69, 9.17) is 9.84 Å². The quantitative estimate of drug-likeness (QED) is 0.762. The Kier molecular flexibility index (Phi) is 6.69. The van der Waals surface area contributed by atoms with Crippen LogP contribution in [0, 0.1) is 0 Å². The van der Waals surface area contributed by atoms with Gasteiger partial charge in [0.25, 0.3) is 0 Å². The molecule has 2 rings (SSSR count). The number of carbonyl (C=O) groups is 1. The van der Waals surface area contributed by atoms with Gasteiger partial charge in [0.2, 0.25) is 0 Å². The van der Waals surface area contributed by atoms with Gasteiger partial charge in [-0.15, -0.1) is 0 Å². The Morgan fingerprint density at radius 1 is 1.21 bits per heavy atom. The summed E-state index contributed by atoms with van der Waals surface area (Å²) in [4.78, 5) is 21.2. The molecule has 0 fully saturated rings. The molecule has 0 saturated heterocycles. The highest BCUT2D eigenvalue weighted by Gasteiger charge is 2.10. The number of rotatable bonds is 9. The highest BCUT2D eigenvalue weighted by Crippen LogP contribution is 2.16. The van der Waals surface area contributed by atoms with Crippen LogP contribution < -0.4 is 4.74 Å². The van der Waals surface area contributed by atoms with Gasteiger partial charge < -0.3 is 9.84 Å². The number of carboxylic acid groups (broad SMARTS) is 1. The summed E-state index contributed by atoms with van der Waals surface area (Å²) in [5, 5.41) is 8.88. The zero-order valence-electron chi connectivity index (χ0n) is 14.1. The molecule has 0 aliphatic carbocycles. The molecule has 0 aliphatic heterocycles. The lowest BCUT2D eigenvalue weighted by atomic mass is 10.2. The van der Waals surface area contributed by atoms with Gasteiger partial charge in [-0.25, -0.2) is 9.78 Å². The number of ether oxygens (including phenoxy) is 1. The number of hydrogen-bond acceptors (Lipinski definition) is 5. The van der Waals surface area contributed by atoms with Crippen molar-refractivity contribution < 1.29 is 14.6 Å². The van der Waals surface area contributed by atoms with Crippen LogP contribution in [-0.2, 0) is 13.1 Å².